The van der Waals surface area contributed by atoms with Crippen LogP contribution < -0.4 is 5.73 Å². The van der Waals surface area contributed by atoms with Crippen molar-refractivity contribution >= 4 is 5.96 Å². The molecule has 7 heteroatoms. The van der Waals surface area contributed by atoms with Crippen LogP contribution in [0.2, 0.25) is 0 Å². The highest BCUT2D eigenvalue weighted by Crippen LogP contribution is 2.44. The van der Waals surface area contributed by atoms with Gasteiger partial charge in [-0.1, -0.05) is 0 Å². The van der Waals surface area contributed by atoms with E-state index in [9.17, 15) is 13.2 Å². The molecule has 82 valence electrons. The Hall–Kier alpha value is -0.980. The van der Waals surface area contributed by atoms with Gasteiger partial charge in [0.2, 0.25) is 0 Å². The van der Waals surface area contributed by atoms with Gasteiger partial charge in [-0.15, -0.1) is 0 Å². The van der Waals surface area contributed by atoms with E-state index in [1.807, 2.05) is 0 Å². The van der Waals surface area contributed by atoms with Gasteiger partial charge in [-0.05, 0) is 6.42 Å². The molecule has 0 radical (unpaired) electrons. The minimum absolute atomic E-state index is 0.0649. The van der Waals surface area contributed by atoms with E-state index >= 15 is 0 Å². The Bertz CT molecular complexity index is 243. The van der Waals surface area contributed by atoms with Crippen molar-refractivity contribution in [1.82, 2.24) is 4.90 Å². The van der Waals surface area contributed by atoms with Gasteiger partial charge in [0, 0.05) is 13.1 Å². The van der Waals surface area contributed by atoms with Gasteiger partial charge in [-0.2, -0.15) is 13.2 Å². The largest absolute Gasteiger partial charge is 0.398 e. The van der Waals surface area contributed by atoms with E-state index in [2.05, 4.69) is 0 Å². The van der Waals surface area contributed by atoms with Gasteiger partial charge in [-0.3, -0.25) is 5.41 Å². The van der Waals surface area contributed by atoms with Gasteiger partial charge in [-0.25, -0.2) is 0 Å². The van der Waals surface area contributed by atoms with Crippen LogP contribution in [-0.4, -0.2) is 41.8 Å². The Balaban J connectivity index is 2.82. The number of nitrogens with two attached hydrogens (primary N) is 1. The van der Waals surface area contributed by atoms with Crippen molar-refractivity contribution < 1.29 is 18.3 Å². The predicted octanol–water partition coefficient (Wildman–Crippen LogP) is 0.127. The van der Waals surface area contributed by atoms with Gasteiger partial charge in [0.1, 0.15) is 5.41 Å². The van der Waals surface area contributed by atoms with E-state index in [-0.39, 0.29) is 18.9 Å². The Labute approximate surface area is 79.0 Å². The first kappa shape index (κ1) is 11.1. The lowest BCUT2D eigenvalue weighted by molar-refractivity contribution is -0.229. The molecule has 0 aliphatic carbocycles. The lowest BCUT2D eigenvalue weighted by atomic mass is 9.87. The van der Waals surface area contributed by atoms with Crippen LogP contribution in [0.15, 0.2) is 0 Å². The lowest BCUT2D eigenvalue weighted by Crippen LogP contribution is -2.45. The highest BCUT2D eigenvalue weighted by molar-refractivity contribution is 5.75. The van der Waals surface area contributed by atoms with Crippen LogP contribution in [0.25, 0.3) is 0 Å². The molecule has 4 nitrogen and oxygen atoms in total. The van der Waals surface area contributed by atoms with Gasteiger partial charge in [0.05, 0.1) is 6.61 Å². The molecular weight excluding hydrogens is 199 g/mol. The summed E-state index contributed by atoms with van der Waals surface area (Å²) in [6, 6.07) is 0. The van der Waals surface area contributed by atoms with Crippen LogP contribution in [0.3, 0.4) is 0 Å². The van der Waals surface area contributed by atoms with E-state index < -0.39 is 24.7 Å². The highest BCUT2D eigenvalue weighted by atomic mass is 19.4. The molecule has 4 N–H and O–H groups in total. The fourth-order valence-electron chi connectivity index (χ4n) is 1.53. The van der Waals surface area contributed by atoms with Crippen molar-refractivity contribution in [3.8, 4) is 0 Å². The quantitative estimate of drug-likeness (QED) is 0.426. The smallest absolute Gasteiger partial charge is 0.395 e. The number of guanidine groups is 1. The summed E-state index contributed by atoms with van der Waals surface area (Å²) >= 11 is 0. The van der Waals surface area contributed by atoms with Crippen molar-refractivity contribution in [3.05, 3.63) is 0 Å². The first-order chi connectivity index (χ1) is 6.32. The number of halogens is 3. The molecule has 1 aliphatic rings. The zero-order valence-corrected chi connectivity index (χ0v) is 7.43. The van der Waals surface area contributed by atoms with E-state index in [4.69, 9.17) is 16.2 Å². The van der Waals surface area contributed by atoms with Crippen molar-refractivity contribution in [2.24, 2.45) is 11.1 Å². The first-order valence-electron chi connectivity index (χ1n) is 4.09. The molecule has 0 aromatic rings. The molecule has 0 aromatic carbocycles. The Morgan fingerprint density at radius 2 is 2.14 bits per heavy atom. The highest BCUT2D eigenvalue weighted by Gasteiger charge is 2.57. The minimum atomic E-state index is -4.45. The molecule has 0 unspecified atom stereocenters. The summed E-state index contributed by atoms with van der Waals surface area (Å²) in [6.45, 7) is -1.32. The average Bonchev–Trinajstić information content (AvgIpc) is 2.47. The minimum Gasteiger partial charge on any atom is -0.395 e. The summed E-state index contributed by atoms with van der Waals surface area (Å²) in [6.07, 6.45) is -4.67. The number of nitrogens with one attached hydrogen (secondary N) is 1. The maximum absolute atomic E-state index is 12.6. The number of hydrogen-bond donors (Lipinski definition) is 3. The van der Waals surface area contributed by atoms with Crippen molar-refractivity contribution in [2.75, 3.05) is 19.7 Å². The maximum Gasteiger partial charge on any atom is 0.398 e. The second-order valence-electron chi connectivity index (χ2n) is 3.49. The zero-order chi connectivity index (χ0) is 11.0. The summed E-state index contributed by atoms with van der Waals surface area (Å²) in [4.78, 5) is 1.11. The van der Waals surface area contributed by atoms with Crippen LogP contribution in [0.1, 0.15) is 6.42 Å². The van der Waals surface area contributed by atoms with Crippen LogP contribution in [0, 0.1) is 10.8 Å². The zero-order valence-electron chi connectivity index (χ0n) is 7.43. The van der Waals surface area contributed by atoms with Crippen molar-refractivity contribution in [2.45, 2.75) is 12.6 Å². The standard InChI is InChI=1S/C7H12F3N3O/c8-7(9,10)6(4-14)1-2-13(3-6)5(11)12/h14H,1-4H2,(H3,11,12)/t6-/m0/s1. The third-order valence-corrected chi connectivity index (χ3v) is 2.60. The molecule has 1 atom stereocenters. The molecular formula is C7H12F3N3O. The van der Waals surface area contributed by atoms with Gasteiger partial charge in [0.25, 0.3) is 0 Å². The van der Waals surface area contributed by atoms with Crippen molar-refractivity contribution in [1.29, 1.82) is 5.41 Å². The summed E-state index contributed by atoms with van der Waals surface area (Å²) < 4.78 is 37.7. The average molecular weight is 211 g/mol. The van der Waals surface area contributed by atoms with Crippen LogP contribution >= 0.6 is 0 Å². The van der Waals surface area contributed by atoms with Crippen LogP contribution in [0.5, 0.6) is 0 Å². The lowest BCUT2D eigenvalue weighted by Gasteiger charge is -2.29. The van der Waals surface area contributed by atoms with E-state index in [1.54, 1.807) is 0 Å². The van der Waals surface area contributed by atoms with Crippen LogP contribution in [-0.2, 0) is 0 Å². The Kier molecular flexibility index (Phi) is 2.62. The normalized spacial score (nSPS) is 28.1. The summed E-state index contributed by atoms with van der Waals surface area (Å²) in [5.41, 5.74) is 2.96. The van der Waals surface area contributed by atoms with Crippen LogP contribution in [0.4, 0.5) is 13.2 Å². The third-order valence-electron chi connectivity index (χ3n) is 2.60. The van der Waals surface area contributed by atoms with Gasteiger partial charge in [0.15, 0.2) is 5.96 Å². The molecule has 0 aromatic heterocycles. The fraction of sp³-hybridized carbons (Fsp3) is 0.857. The number of rotatable bonds is 1. The number of nitrogens with zero attached hydrogens (tertiary/aromatic N) is 1. The topological polar surface area (TPSA) is 73.3 Å². The predicted molar refractivity (Wildman–Crippen MR) is 43.7 cm³/mol. The van der Waals surface area contributed by atoms with E-state index in [0.29, 0.717) is 0 Å². The Morgan fingerprint density at radius 1 is 1.57 bits per heavy atom. The van der Waals surface area contributed by atoms with Gasteiger partial charge < -0.3 is 15.7 Å². The second kappa shape index (κ2) is 3.30. The second-order valence-corrected chi connectivity index (χ2v) is 3.49. The van der Waals surface area contributed by atoms with Gasteiger partial charge >= 0.3 is 6.18 Å². The van der Waals surface area contributed by atoms with E-state index in [0.717, 1.165) is 4.90 Å². The number of hydrogen-bond acceptors (Lipinski definition) is 2. The first-order valence-corrected chi connectivity index (χ1v) is 4.09. The molecule has 1 aliphatic heterocycles. The maximum atomic E-state index is 12.6. The molecule has 1 fully saturated rings. The summed E-state index contributed by atoms with van der Waals surface area (Å²) in [5, 5.41) is 15.8. The molecule has 1 heterocycles. The molecule has 0 spiro atoms. The molecule has 1 rings (SSSR count). The number of aliphatic hydroxyl groups is 1. The molecule has 0 saturated carbocycles. The number of likely N-dealkylation sites (tertiary alicyclic amines) is 1. The van der Waals surface area contributed by atoms with Crippen molar-refractivity contribution in [3.63, 3.8) is 0 Å². The third kappa shape index (κ3) is 1.63. The molecule has 0 bridgehead atoms. The SMILES string of the molecule is N=C(N)N1CC[C@](CO)(C(F)(F)F)C1. The summed E-state index contributed by atoms with van der Waals surface area (Å²) in [5.74, 6) is -0.385. The molecule has 14 heavy (non-hydrogen) atoms. The molecule has 0 amide bonds. The summed E-state index contributed by atoms with van der Waals surface area (Å²) in [7, 11) is 0. The number of aliphatic hydroxyl groups excluding tert-OH is 1. The van der Waals surface area contributed by atoms with E-state index in [1.165, 1.54) is 0 Å². The fourth-order valence-corrected chi connectivity index (χ4v) is 1.53. The monoisotopic (exact) mass is 211 g/mol. The molecule has 1 saturated heterocycles. The number of alkyl halides is 3. The Morgan fingerprint density at radius 3 is 2.36 bits per heavy atom.